The monoisotopic (exact) mass is 433 g/mol. The minimum atomic E-state index is -1.02. The van der Waals surface area contributed by atoms with Gasteiger partial charge in [0.25, 0.3) is 0 Å². The molecule has 19 heavy (non-hydrogen) atoms. The molecule has 0 unspecified atom stereocenters. The maximum Gasteiger partial charge on any atom is 0.358 e. The number of aromatic carboxylic acids is 1. The fraction of sp³-hybridized carbons (Fsp3) is 0.250. The van der Waals surface area contributed by atoms with Crippen molar-refractivity contribution in [3.8, 4) is 5.69 Å². The van der Waals surface area contributed by atoms with Crippen LogP contribution < -0.4 is 0 Å². The maximum atomic E-state index is 11.2. The minimum absolute atomic E-state index is 0.0632. The van der Waals surface area contributed by atoms with Crippen molar-refractivity contribution >= 4 is 44.5 Å². The van der Waals surface area contributed by atoms with E-state index in [4.69, 9.17) is 0 Å². The molecule has 1 saturated carbocycles. The van der Waals surface area contributed by atoms with E-state index in [-0.39, 0.29) is 11.6 Å². The number of rotatable bonds is 3. The normalized spacial score (nSPS) is 14.6. The van der Waals surface area contributed by atoms with Crippen LogP contribution in [-0.4, -0.2) is 26.1 Å². The minimum Gasteiger partial charge on any atom is -0.476 e. The van der Waals surface area contributed by atoms with Gasteiger partial charge in [-0.15, -0.1) is 5.10 Å². The molecule has 1 aliphatic carbocycles. The van der Waals surface area contributed by atoms with Gasteiger partial charge in [0.15, 0.2) is 5.69 Å². The molecule has 1 heterocycles. The Bertz CT molecular complexity index is 667. The average molecular weight is 434 g/mol. The molecule has 0 saturated heterocycles. The molecule has 98 valence electrons. The standard InChI is InChI=1S/C12H9BrIN3O2/c13-8-4-3-7(14)5-9(8)17-11(6-1-2-6)10(12(18)19)15-16-17/h3-6H,1-2H2,(H,18,19). The molecule has 3 rings (SSSR count). The summed E-state index contributed by atoms with van der Waals surface area (Å²) >= 11 is 5.69. The molecule has 1 N–H and O–H groups in total. The molecule has 0 bridgehead atoms. The number of carboxylic acids is 1. The van der Waals surface area contributed by atoms with E-state index in [0.717, 1.165) is 26.6 Å². The number of hydrogen-bond acceptors (Lipinski definition) is 3. The first-order valence-corrected chi connectivity index (χ1v) is 7.59. The van der Waals surface area contributed by atoms with Crippen LogP contribution in [0, 0.1) is 3.57 Å². The van der Waals surface area contributed by atoms with Gasteiger partial charge in [-0.1, -0.05) is 5.21 Å². The first kappa shape index (κ1) is 13.0. The number of benzene rings is 1. The number of carbonyl (C=O) groups is 1. The van der Waals surface area contributed by atoms with Crippen LogP contribution in [-0.2, 0) is 0 Å². The lowest BCUT2D eigenvalue weighted by Gasteiger charge is -2.08. The van der Waals surface area contributed by atoms with Gasteiger partial charge in [0.1, 0.15) is 0 Å². The van der Waals surface area contributed by atoms with Crippen LogP contribution in [0.5, 0.6) is 0 Å². The summed E-state index contributed by atoms with van der Waals surface area (Å²) in [5, 5.41) is 17.0. The van der Waals surface area contributed by atoms with Crippen molar-refractivity contribution in [3.63, 3.8) is 0 Å². The van der Waals surface area contributed by atoms with Crippen LogP contribution in [0.1, 0.15) is 34.9 Å². The summed E-state index contributed by atoms with van der Waals surface area (Å²) in [7, 11) is 0. The Labute approximate surface area is 131 Å². The highest BCUT2D eigenvalue weighted by Crippen LogP contribution is 2.42. The van der Waals surface area contributed by atoms with Gasteiger partial charge in [-0.05, 0) is 69.6 Å². The smallest absolute Gasteiger partial charge is 0.358 e. The Balaban J connectivity index is 2.20. The second-order valence-electron chi connectivity index (χ2n) is 4.41. The molecule has 1 aromatic carbocycles. The third-order valence-corrected chi connectivity index (χ3v) is 4.35. The molecule has 0 spiro atoms. The molecule has 2 aromatic rings. The first-order valence-electron chi connectivity index (χ1n) is 5.72. The fourth-order valence-electron chi connectivity index (χ4n) is 1.99. The lowest BCUT2D eigenvalue weighted by molar-refractivity contribution is 0.0689. The van der Waals surface area contributed by atoms with Crippen molar-refractivity contribution in [2.75, 3.05) is 0 Å². The summed E-state index contributed by atoms with van der Waals surface area (Å²) in [4.78, 5) is 11.2. The number of hydrogen-bond donors (Lipinski definition) is 1. The zero-order chi connectivity index (χ0) is 13.6. The molecule has 0 radical (unpaired) electrons. The highest BCUT2D eigenvalue weighted by molar-refractivity contribution is 14.1. The maximum absolute atomic E-state index is 11.2. The molecule has 1 fully saturated rings. The largest absolute Gasteiger partial charge is 0.476 e. The Morgan fingerprint density at radius 1 is 1.47 bits per heavy atom. The fourth-order valence-corrected chi connectivity index (χ4v) is 2.88. The summed E-state index contributed by atoms with van der Waals surface area (Å²) in [6, 6.07) is 5.85. The average Bonchev–Trinajstić information content (AvgIpc) is 3.11. The van der Waals surface area contributed by atoms with Crippen molar-refractivity contribution < 1.29 is 9.90 Å². The van der Waals surface area contributed by atoms with E-state index in [1.165, 1.54) is 0 Å². The van der Waals surface area contributed by atoms with Crippen molar-refractivity contribution in [1.29, 1.82) is 0 Å². The Hall–Kier alpha value is -0.960. The van der Waals surface area contributed by atoms with E-state index in [9.17, 15) is 9.90 Å². The predicted molar refractivity (Wildman–Crippen MR) is 80.7 cm³/mol. The van der Waals surface area contributed by atoms with Crippen LogP contribution in [0.2, 0.25) is 0 Å². The Morgan fingerprint density at radius 3 is 2.84 bits per heavy atom. The lowest BCUT2D eigenvalue weighted by atomic mass is 10.2. The van der Waals surface area contributed by atoms with Gasteiger partial charge < -0.3 is 5.11 Å². The van der Waals surface area contributed by atoms with Crippen molar-refractivity contribution in [1.82, 2.24) is 15.0 Å². The van der Waals surface area contributed by atoms with Gasteiger partial charge >= 0.3 is 5.97 Å². The zero-order valence-electron chi connectivity index (χ0n) is 9.68. The quantitative estimate of drug-likeness (QED) is 0.754. The van der Waals surface area contributed by atoms with Crippen molar-refractivity contribution in [2.24, 2.45) is 0 Å². The molecule has 0 amide bonds. The van der Waals surface area contributed by atoms with Crippen molar-refractivity contribution in [2.45, 2.75) is 18.8 Å². The van der Waals surface area contributed by atoms with Crippen molar-refractivity contribution in [3.05, 3.63) is 37.6 Å². The summed E-state index contributed by atoms with van der Waals surface area (Å²) in [6.45, 7) is 0. The van der Waals surface area contributed by atoms with Crippen LogP contribution in [0.15, 0.2) is 22.7 Å². The third-order valence-electron chi connectivity index (χ3n) is 3.01. The van der Waals surface area contributed by atoms with Crippen LogP contribution >= 0.6 is 38.5 Å². The van der Waals surface area contributed by atoms with Gasteiger partial charge in [-0.3, -0.25) is 0 Å². The van der Waals surface area contributed by atoms with Crippen LogP contribution in [0.4, 0.5) is 0 Å². The highest BCUT2D eigenvalue weighted by atomic mass is 127. The summed E-state index contributed by atoms with van der Waals surface area (Å²) in [6.07, 6.45) is 1.99. The van der Waals surface area contributed by atoms with Crippen LogP contribution in [0.3, 0.4) is 0 Å². The van der Waals surface area contributed by atoms with E-state index in [0.29, 0.717) is 5.69 Å². The SMILES string of the molecule is O=C(O)c1nnn(-c2cc(I)ccc2Br)c1C1CC1. The van der Waals surface area contributed by atoms with E-state index >= 15 is 0 Å². The lowest BCUT2D eigenvalue weighted by Crippen LogP contribution is -2.06. The highest BCUT2D eigenvalue weighted by Gasteiger charge is 2.34. The number of aromatic nitrogens is 3. The second-order valence-corrected chi connectivity index (χ2v) is 6.51. The molecule has 5 nitrogen and oxygen atoms in total. The number of halogens is 2. The second kappa shape index (κ2) is 4.86. The summed E-state index contributed by atoms with van der Waals surface area (Å²) in [5.74, 6) is -0.763. The van der Waals surface area contributed by atoms with Crippen LogP contribution in [0.25, 0.3) is 5.69 Å². The summed E-state index contributed by atoms with van der Waals surface area (Å²) in [5.41, 5.74) is 1.59. The molecule has 1 aliphatic rings. The molecule has 1 aromatic heterocycles. The van der Waals surface area contributed by atoms with Gasteiger partial charge in [0.05, 0.1) is 11.4 Å². The molecule has 0 atom stereocenters. The molecule has 7 heteroatoms. The zero-order valence-corrected chi connectivity index (χ0v) is 13.4. The van der Waals surface area contributed by atoms with E-state index in [2.05, 4.69) is 48.8 Å². The topological polar surface area (TPSA) is 68.0 Å². The Morgan fingerprint density at radius 2 is 2.21 bits per heavy atom. The van der Waals surface area contributed by atoms with Gasteiger partial charge in [0, 0.05) is 14.0 Å². The van der Waals surface area contributed by atoms with Gasteiger partial charge in [-0.25, -0.2) is 9.48 Å². The number of carboxylic acid groups (broad SMARTS) is 1. The molecular formula is C12H9BrIN3O2. The molecule has 0 aliphatic heterocycles. The predicted octanol–water partition coefficient (Wildman–Crippen LogP) is 3.21. The van der Waals surface area contributed by atoms with Gasteiger partial charge in [0.2, 0.25) is 0 Å². The van der Waals surface area contributed by atoms with E-state index in [1.54, 1.807) is 4.68 Å². The molecular weight excluding hydrogens is 425 g/mol. The van der Waals surface area contributed by atoms with E-state index < -0.39 is 5.97 Å². The number of nitrogens with zero attached hydrogens (tertiary/aromatic N) is 3. The Kier molecular flexibility index (Phi) is 3.34. The third kappa shape index (κ3) is 2.40. The van der Waals surface area contributed by atoms with Gasteiger partial charge in [-0.2, -0.15) is 0 Å². The van der Waals surface area contributed by atoms with E-state index in [1.807, 2.05) is 18.2 Å². The summed E-state index contributed by atoms with van der Waals surface area (Å²) < 4.78 is 3.58. The first-order chi connectivity index (χ1) is 9.08.